The third-order valence-electron chi connectivity index (χ3n) is 6.59. The standard InChI is InChI=1S/C26H37NO3/c1-18(25(28)29-6)17-27(5)22-11-7-20-16-24(12-8-19(20)15-22)30-23-13-9-21(10-14-23)26(2,3)4/h7-8,11-12,15-16,18,21,23H,9-10,13-14,17H2,1-6H3. The average molecular weight is 412 g/mol. The summed E-state index contributed by atoms with van der Waals surface area (Å²) in [7, 11) is 3.44. The number of ether oxygens (including phenoxy) is 2. The summed E-state index contributed by atoms with van der Waals surface area (Å²) >= 11 is 0. The first-order chi connectivity index (χ1) is 14.2. The molecule has 0 bridgehead atoms. The van der Waals surface area contributed by atoms with Gasteiger partial charge in [0.1, 0.15) is 5.75 Å². The lowest BCUT2D eigenvalue weighted by molar-refractivity contribution is -0.144. The third-order valence-corrected chi connectivity index (χ3v) is 6.59. The zero-order chi connectivity index (χ0) is 21.9. The van der Waals surface area contributed by atoms with Gasteiger partial charge in [0.15, 0.2) is 0 Å². The summed E-state index contributed by atoms with van der Waals surface area (Å²) < 4.78 is 11.2. The molecule has 1 atom stereocenters. The van der Waals surface area contributed by atoms with Gasteiger partial charge in [0, 0.05) is 19.3 Å². The second-order valence-corrected chi connectivity index (χ2v) is 9.96. The Labute approximate surface area is 181 Å². The van der Waals surface area contributed by atoms with Gasteiger partial charge in [-0.3, -0.25) is 4.79 Å². The van der Waals surface area contributed by atoms with Crippen molar-refractivity contribution in [2.24, 2.45) is 17.3 Å². The highest BCUT2D eigenvalue weighted by atomic mass is 16.5. The maximum Gasteiger partial charge on any atom is 0.310 e. The molecule has 1 fully saturated rings. The Morgan fingerprint density at radius 3 is 2.33 bits per heavy atom. The van der Waals surface area contributed by atoms with E-state index in [9.17, 15) is 4.79 Å². The lowest BCUT2D eigenvalue weighted by Crippen LogP contribution is -2.30. The summed E-state index contributed by atoms with van der Waals surface area (Å²) in [5.41, 5.74) is 1.49. The van der Waals surface area contributed by atoms with Crippen LogP contribution in [-0.4, -0.2) is 32.8 Å². The van der Waals surface area contributed by atoms with Crippen LogP contribution in [0.4, 0.5) is 5.69 Å². The molecule has 1 saturated carbocycles. The molecule has 164 valence electrons. The van der Waals surface area contributed by atoms with Crippen LogP contribution in [0.1, 0.15) is 53.4 Å². The van der Waals surface area contributed by atoms with Crippen molar-refractivity contribution in [1.82, 2.24) is 0 Å². The van der Waals surface area contributed by atoms with Crippen molar-refractivity contribution in [3.63, 3.8) is 0 Å². The van der Waals surface area contributed by atoms with Gasteiger partial charge in [0.05, 0.1) is 19.1 Å². The number of anilines is 1. The minimum atomic E-state index is -0.180. The van der Waals surface area contributed by atoms with E-state index in [1.807, 2.05) is 14.0 Å². The fourth-order valence-electron chi connectivity index (χ4n) is 4.55. The number of nitrogens with zero attached hydrogens (tertiary/aromatic N) is 1. The maximum absolute atomic E-state index is 11.7. The first kappa shape index (κ1) is 22.5. The van der Waals surface area contributed by atoms with Crippen LogP contribution in [0.3, 0.4) is 0 Å². The molecule has 0 saturated heterocycles. The Morgan fingerprint density at radius 2 is 1.70 bits per heavy atom. The summed E-state index contributed by atoms with van der Waals surface area (Å²) in [5, 5.41) is 2.35. The molecule has 0 aromatic heterocycles. The molecule has 0 N–H and O–H groups in total. The first-order valence-corrected chi connectivity index (χ1v) is 11.2. The van der Waals surface area contributed by atoms with Crippen molar-refractivity contribution < 1.29 is 14.3 Å². The van der Waals surface area contributed by atoms with Crippen molar-refractivity contribution in [2.45, 2.75) is 59.5 Å². The Bertz CT molecular complexity index is 862. The minimum Gasteiger partial charge on any atom is -0.490 e. The van der Waals surface area contributed by atoms with Gasteiger partial charge in [-0.2, -0.15) is 0 Å². The molecule has 30 heavy (non-hydrogen) atoms. The smallest absolute Gasteiger partial charge is 0.310 e. The molecule has 2 aromatic rings. The fraction of sp³-hybridized carbons (Fsp3) is 0.577. The molecule has 4 nitrogen and oxygen atoms in total. The second-order valence-electron chi connectivity index (χ2n) is 9.96. The van der Waals surface area contributed by atoms with Gasteiger partial charge in [-0.15, -0.1) is 0 Å². The van der Waals surface area contributed by atoms with Gasteiger partial charge < -0.3 is 14.4 Å². The van der Waals surface area contributed by atoms with Crippen LogP contribution < -0.4 is 9.64 Å². The molecule has 0 radical (unpaired) electrons. The molecular formula is C26H37NO3. The highest BCUT2D eigenvalue weighted by Gasteiger charge is 2.30. The second kappa shape index (κ2) is 9.28. The molecule has 1 aliphatic carbocycles. The number of esters is 1. The lowest BCUT2D eigenvalue weighted by atomic mass is 9.72. The van der Waals surface area contributed by atoms with Crippen LogP contribution in [0.2, 0.25) is 0 Å². The summed E-state index contributed by atoms with van der Waals surface area (Å²) in [4.78, 5) is 13.8. The quantitative estimate of drug-likeness (QED) is 0.541. The summed E-state index contributed by atoms with van der Waals surface area (Å²) in [5.74, 6) is 1.41. The number of hydrogen-bond acceptors (Lipinski definition) is 4. The van der Waals surface area contributed by atoms with E-state index in [0.717, 1.165) is 30.2 Å². The van der Waals surface area contributed by atoms with Crippen LogP contribution in [0.25, 0.3) is 10.8 Å². The van der Waals surface area contributed by atoms with E-state index in [0.29, 0.717) is 18.1 Å². The van der Waals surface area contributed by atoms with Gasteiger partial charge in [-0.1, -0.05) is 39.8 Å². The van der Waals surface area contributed by atoms with Gasteiger partial charge >= 0.3 is 5.97 Å². The van der Waals surface area contributed by atoms with Crippen LogP contribution in [0.5, 0.6) is 5.75 Å². The summed E-state index contributed by atoms with van der Waals surface area (Å²) in [6.45, 7) is 9.57. The van der Waals surface area contributed by atoms with Crippen LogP contribution in [0.15, 0.2) is 36.4 Å². The predicted molar refractivity (Wildman–Crippen MR) is 124 cm³/mol. The Morgan fingerprint density at radius 1 is 1.07 bits per heavy atom. The molecule has 3 rings (SSSR count). The van der Waals surface area contributed by atoms with Crippen molar-refractivity contribution in [1.29, 1.82) is 0 Å². The molecule has 4 heteroatoms. The first-order valence-electron chi connectivity index (χ1n) is 11.2. The van der Waals surface area contributed by atoms with Crippen molar-refractivity contribution in [3.05, 3.63) is 36.4 Å². The molecular weight excluding hydrogens is 374 g/mol. The zero-order valence-electron chi connectivity index (χ0n) is 19.4. The molecule has 1 aliphatic rings. The lowest BCUT2D eigenvalue weighted by Gasteiger charge is -2.37. The van der Waals surface area contributed by atoms with Crippen molar-refractivity contribution in [2.75, 3.05) is 25.6 Å². The van der Waals surface area contributed by atoms with Crippen LogP contribution >= 0.6 is 0 Å². The van der Waals surface area contributed by atoms with E-state index >= 15 is 0 Å². The molecule has 1 unspecified atom stereocenters. The van der Waals surface area contributed by atoms with Gasteiger partial charge in [0.2, 0.25) is 0 Å². The molecule has 0 spiro atoms. The highest BCUT2D eigenvalue weighted by Crippen LogP contribution is 2.39. The highest BCUT2D eigenvalue weighted by molar-refractivity contribution is 5.87. The Balaban J connectivity index is 1.63. The van der Waals surface area contributed by atoms with E-state index < -0.39 is 0 Å². The van der Waals surface area contributed by atoms with E-state index in [-0.39, 0.29) is 11.9 Å². The number of carbonyl (C=O) groups is 1. The van der Waals surface area contributed by atoms with Crippen molar-refractivity contribution in [3.8, 4) is 5.75 Å². The Hall–Kier alpha value is -2.23. The molecule has 0 heterocycles. The number of carbonyl (C=O) groups excluding carboxylic acids is 1. The normalized spacial score (nSPS) is 20.6. The number of hydrogen-bond donors (Lipinski definition) is 0. The van der Waals surface area contributed by atoms with Gasteiger partial charge in [-0.05, 0) is 72.1 Å². The maximum atomic E-state index is 11.7. The Kier molecular flexibility index (Phi) is 6.95. The zero-order valence-corrected chi connectivity index (χ0v) is 19.4. The van der Waals surface area contributed by atoms with E-state index in [4.69, 9.17) is 9.47 Å². The number of fused-ring (bicyclic) bond motifs is 1. The van der Waals surface area contributed by atoms with Crippen molar-refractivity contribution >= 4 is 22.4 Å². The van der Waals surface area contributed by atoms with Gasteiger partial charge in [0.25, 0.3) is 0 Å². The van der Waals surface area contributed by atoms with E-state index in [1.54, 1.807) is 0 Å². The predicted octanol–water partition coefficient (Wildman–Crippen LogP) is 6.07. The summed E-state index contributed by atoms with van der Waals surface area (Å²) in [6, 6.07) is 12.8. The van der Waals surface area contributed by atoms with E-state index in [2.05, 4.69) is 62.1 Å². The topological polar surface area (TPSA) is 38.8 Å². The van der Waals surface area contributed by atoms with Crippen LogP contribution in [0, 0.1) is 17.3 Å². The SMILES string of the molecule is COC(=O)C(C)CN(C)c1ccc2cc(OC3CCC(C(C)(C)C)CC3)ccc2c1. The van der Waals surface area contributed by atoms with Gasteiger partial charge in [-0.25, -0.2) is 0 Å². The van der Waals surface area contributed by atoms with E-state index in [1.165, 1.54) is 30.7 Å². The molecule has 0 aliphatic heterocycles. The molecule has 0 amide bonds. The van der Waals surface area contributed by atoms with Crippen LogP contribution in [-0.2, 0) is 9.53 Å². The summed E-state index contributed by atoms with van der Waals surface area (Å²) in [6.07, 6.45) is 5.11. The minimum absolute atomic E-state index is 0.167. The largest absolute Gasteiger partial charge is 0.490 e. The molecule has 2 aromatic carbocycles. The third kappa shape index (κ3) is 5.47. The monoisotopic (exact) mass is 411 g/mol. The fourth-order valence-corrected chi connectivity index (χ4v) is 4.55. The number of benzene rings is 2. The number of methoxy groups -OCH3 is 1. The number of rotatable bonds is 6. The average Bonchev–Trinajstić information content (AvgIpc) is 2.72.